The first-order chi connectivity index (χ1) is 7.53. The zero-order chi connectivity index (χ0) is 12.0. The number of hydrogen-bond donors (Lipinski definition) is 2. The van der Waals surface area contributed by atoms with Gasteiger partial charge in [-0.05, 0) is 41.5 Å². The first-order valence-electron chi connectivity index (χ1n) is 4.89. The second-order valence-electron chi connectivity index (χ2n) is 3.27. The second-order valence-corrected chi connectivity index (χ2v) is 7.75. The van der Waals surface area contributed by atoms with Crippen molar-refractivity contribution in [1.82, 2.24) is 10.0 Å². The molecule has 0 amide bonds. The number of thiophene rings is 1. The Labute approximate surface area is 109 Å². The largest absolute Gasteiger partial charge is 0.319 e. The van der Waals surface area contributed by atoms with Gasteiger partial charge in [-0.2, -0.15) is 0 Å². The van der Waals surface area contributed by atoms with Gasteiger partial charge in [-0.25, -0.2) is 13.1 Å². The summed E-state index contributed by atoms with van der Waals surface area (Å²) in [6.07, 6.45) is 0.731. The molecule has 0 fully saturated rings. The molecular weight excluding hydrogens is 312 g/mol. The van der Waals surface area contributed by atoms with Gasteiger partial charge in [0.1, 0.15) is 0 Å². The quantitative estimate of drug-likeness (QED) is 0.791. The molecule has 0 atom stereocenters. The Bertz CT molecular complexity index is 417. The summed E-state index contributed by atoms with van der Waals surface area (Å²) in [5.41, 5.74) is 0. The highest BCUT2D eigenvalue weighted by Crippen LogP contribution is 2.22. The van der Waals surface area contributed by atoms with Crippen molar-refractivity contribution in [3.05, 3.63) is 20.8 Å². The number of sulfonamides is 1. The fourth-order valence-electron chi connectivity index (χ4n) is 1.12. The molecule has 1 heterocycles. The van der Waals surface area contributed by atoms with Crippen molar-refractivity contribution in [3.63, 3.8) is 0 Å². The SMILES string of the molecule is CNCCS(=O)(=O)NCCc1ccc(Br)s1. The van der Waals surface area contributed by atoms with E-state index in [0.29, 0.717) is 13.1 Å². The minimum Gasteiger partial charge on any atom is -0.319 e. The van der Waals surface area contributed by atoms with Crippen LogP contribution in [0.1, 0.15) is 4.88 Å². The molecule has 1 aromatic rings. The molecule has 1 aromatic heterocycles. The lowest BCUT2D eigenvalue weighted by Crippen LogP contribution is -2.32. The van der Waals surface area contributed by atoms with E-state index in [4.69, 9.17) is 0 Å². The summed E-state index contributed by atoms with van der Waals surface area (Å²) in [7, 11) is -1.39. The van der Waals surface area contributed by atoms with Gasteiger partial charge < -0.3 is 5.32 Å². The highest BCUT2D eigenvalue weighted by atomic mass is 79.9. The lowest BCUT2D eigenvalue weighted by Gasteiger charge is -2.05. The van der Waals surface area contributed by atoms with E-state index in [1.807, 2.05) is 12.1 Å². The van der Waals surface area contributed by atoms with Crippen LogP contribution in [-0.4, -0.2) is 34.3 Å². The maximum Gasteiger partial charge on any atom is 0.212 e. The molecule has 1 rings (SSSR count). The van der Waals surface area contributed by atoms with Crippen LogP contribution in [0.2, 0.25) is 0 Å². The van der Waals surface area contributed by atoms with Crippen LogP contribution in [-0.2, 0) is 16.4 Å². The molecule has 0 aliphatic carbocycles. The van der Waals surface area contributed by atoms with Crippen molar-refractivity contribution in [1.29, 1.82) is 0 Å². The first-order valence-corrected chi connectivity index (χ1v) is 8.16. The molecule has 2 N–H and O–H groups in total. The normalized spacial score (nSPS) is 11.9. The monoisotopic (exact) mass is 326 g/mol. The van der Waals surface area contributed by atoms with Gasteiger partial charge in [0.15, 0.2) is 0 Å². The first kappa shape index (κ1) is 14.1. The molecule has 0 saturated carbocycles. The Morgan fingerprint density at radius 2 is 2.12 bits per heavy atom. The van der Waals surface area contributed by atoms with E-state index in [2.05, 4.69) is 26.0 Å². The minimum absolute atomic E-state index is 0.123. The fourth-order valence-corrected chi connectivity index (χ4v) is 3.64. The fraction of sp³-hybridized carbons (Fsp3) is 0.556. The Morgan fingerprint density at radius 1 is 1.38 bits per heavy atom. The third-order valence-corrected chi connectivity index (χ3v) is 5.01. The molecule has 0 aliphatic rings. The maximum atomic E-state index is 11.4. The molecule has 92 valence electrons. The molecule has 0 bridgehead atoms. The van der Waals surface area contributed by atoms with E-state index in [0.717, 1.165) is 10.2 Å². The molecule has 0 saturated heterocycles. The van der Waals surface area contributed by atoms with Gasteiger partial charge in [0.25, 0.3) is 0 Å². The molecule has 0 radical (unpaired) electrons. The summed E-state index contributed by atoms with van der Waals surface area (Å²) in [4.78, 5) is 1.17. The zero-order valence-corrected chi connectivity index (χ0v) is 12.2. The lowest BCUT2D eigenvalue weighted by atomic mass is 10.3. The van der Waals surface area contributed by atoms with Crippen molar-refractivity contribution in [3.8, 4) is 0 Å². The number of rotatable bonds is 7. The van der Waals surface area contributed by atoms with Crippen LogP contribution in [0.15, 0.2) is 15.9 Å². The summed E-state index contributed by atoms with van der Waals surface area (Å²) >= 11 is 5.00. The smallest absolute Gasteiger partial charge is 0.212 e. The van der Waals surface area contributed by atoms with E-state index in [1.165, 1.54) is 4.88 Å². The van der Waals surface area contributed by atoms with E-state index in [9.17, 15) is 8.42 Å². The van der Waals surface area contributed by atoms with Gasteiger partial charge in [-0.15, -0.1) is 11.3 Å². The lowest BCUT2D eigenvalue weighted by molar-refractivity contribution is 0.579. The topological polar surface area (TPSA) is 58.2 Å². The predicted octanol–water partition coefficient (Wildman–Crippen LogP) is 1.19. The van der Waals surface area contributed by atoms with Crippen LogP contribution in [0.3, 0.4) is 0 Å². The van der Waals surface area contributed by atoms with Gasteiger partial charge in [0, 0.05) is 18.0 Å². The molecule has 16 heavy (non-hydrogen) atoms. The van der Waals surface area contributed by atoms with Crippen molar-refractivity contribution >= 4 is 37.3 Å². The van der Waals surface area contributed by atoms with Crippen LogP contribution in [0.5, 0.6) is 0 Å². The Kier molecular flexibility index (Phi) is 5.91. The van der Waals surface area contributed by atoms with Crippen molar-refractivity contribution in [2.75, 3.05) is 25.9 Å². The molecule has 0 spiro atoms. The van der Waals surface area contributed by atoms with E-state index >= 15 is 0 Å². The second kappa shape index (κ2) is 6.70. The summed E-state index contributed by atoms with van der Waals surface area (Å²) < 4.78 is 26.5. The van der Waals surface area contributed by atoms with E-state index in [1.54, 1.807) is 18.4 Å². The van der Waals surface area contributed by atoms with Crippen LogP contribution in [0.25, 0.3) is 0 Å². The number of halogens is 1. The van der Waals surface area contributed by atoms with Crippen LogP contribution < -0.4 is 10.0 Å². The van der Waals surface area contributed by atoms with Gasteiger partial charge in [0.2, 0.25) is 10.0 Å². The highest BCUT2D eigenvalue weighted by Gasteiger charge is 2.08. The van der Waals surface area contributed by atoms with Crippen LogP contribution in [0.4, 0.5) is 0 Å². The van der Waals surface area contributed by atoms with Gasteiger partial charge >= 0.3 is 0 Å². The van der Waals surface area contributed by atoms with Crippen molar-refractivity contribution in [2.45, 2.75) is 6.42 Å². The van der Waals surface area contributed by atoms with E-state index < -0.39 is 10.0 Å². The Hall–Kier alpha value is 0.0500. The average molecular weight is 327 g/mol. The van der Waals surface area contributed by atoms with Gasteiger partial charge in [0.05, 0.1) is 9.54 Å². The Morgan fingerprint density at radius 3 is 2.69 bits per heavy atom. The van der Waals surface area contributed by atoms with Crippen molar-refractivity contribution in [2.24, 2.45) is 0 Å². The number of hydrogen-bond acceptors (Lipinski definition) is 4. The van der Waals surface area contributed by atoms with Crippen LogP contribution >= 0.6 is 27.3 Å². The summed E-state index contributed by atoms with van der Waals surface area (Å²) in [5, 5.41) is 2.81. The minimum atomic E-state index is -3.13. The third-order valence-electron chi connectivity index (χ3n) is 1.94. The molecule has 0 unspecified atom stereocenters. The average Bonchev–Trinajstić information content (AvgIpc) is 2.61. The standard InChI is InChI=1S/C9H15BrN2O2S2/c1-11-6-7-16(13,14)12-5-4-8-2-3-9(10)15-8/h2-3,11-12H,4-7H2,1H3. The highest BCUT2D eigenvalue weighted by molar-refractivity contribution is 9.11. The maximum absolute atomic E-state index is 11.4. The molecule has 0 aliphatic heterocycles. The number of nitrogens with one attached hydrogen (secondary N) is 2. The van der Waals surface area contributed by atoms with E-state index in [-0.39, 0.29) is 5.75 Å². The third kappa shape index (κ3) is 5.40. The predicted molar refractivity (Wildman–Crippen MR) is 71.4 cm³/mol. The molecule has 0 aromatic carbocycles. The van der Waals surface area contributed by atoms with Gasteiger partial charge in [-0.1, -0.05) is 0 Å². The zero-order valence-electron chi connectivity index (χ0n) is 8.99. The molecule has 7 heteroatoms. The van der Waals surface area contributed by atoms with Gasteiger partial charge in [-0.3, -0.25) is 0 Å². The molecule has 4 nitrogen and oxygen atoms in total. The molecular formula is C9H15BrN2O2S2. The summed E-state index contributed by atoms with van der Waals surface area (Å²) in [6.45, 7) is 0.929. The summed E-state index contributed by atoms with van der Waals surface area (Å²) in [5.74, 6) is 0.123. The summed E-state index contributed by atoms with van der Waals surface area (Å²) in [6, 6.07) is 3.96. The van der Waals surface area contributed by atoms with Crippen LogP contribution in [0, 0.1) is 0 Å². The van der Waals surface area contributed by atoms with Crippen molar-refractivity contribution < 1.29 is 8.42 Å². The Balaban J connectivity index is 2.29.